The molecule has 3 heterocycles. The van der Waals surface area contributed by atoms with Crippen molar-refractivity contribution < 1.29 is 14.3 Å². The zero-order chi connectivity index (χ0) is 28.1. The van der Waals surface area contributed by atoms with E-state index in [4.69, 9.17) is 16.3 Å². The number of halogens is 1. The predicted octanol–water partition coefficient (Wildman–Crippen LogP) is 5.54. The molecule has 2 aromatic rings. The molecule has 0 saturated carbocycles. The van der Waals surface area contributed by atoms with E-state index >= 15 is 0 Å². The normalized spacial score (nSPS) is 16.8. The summed E-state index contributed by atoms with van der Waals surface area (Å²) < 4.78 is 10.5. The number of fused-ring (bicyclic) bond motifs is 1. The number of carbonyl (C=O) groups excluding carboxylic acids is 2. The van der Waals surface area contributed by atoms with Crippen LogP contribution in [0.15, 0.2) is 23.6 Å². The molecule has 0 aliphatic carbocycles. The van der Waals surface area contributed by atoms with E-state index in [1.807, 2.05) is 40.7 Å². The lowest BCUT2D eigenvalue weighted by Crippen LogP contribution is -2.47. The third kappa shape index (κ3) is 6.58. The van der Waals surface area contributed by atoms with Gasteiger partial charge in [0.05, 0.1) is 12.1 Å². The second kappa shape index (κ2) is 13.2. The topological polar surface area (TPSA) is 69.2 Å². The molecular formula is C29H40ClN5O3S. The summed E-state index contributed by atoms with van der Waals surface area (Å²) in [6.45, 7) is 15.6. The van der Waals surface area contributed by atoms with Crippen LogP contribution in [0, 0.1) is 5.92 Å². The van der Waals surface area contributed by atoms with E-state index in [1.165, 1.54) is 17.1 Å². The van der Waals surface area contributed by atoms with Crippen LogP contribution in [-0.4, -0.2) is 78.2 Å². The smallest absolute Gasteiger partial charge is 0.411 e. The summed E-state index contributed by atoms with van der Waals surface area (Å²) in [7, 11) is 0. The maximum absolute atomic E-state index is 13.1. The monoisotopic (exact) mass is 573 g/mol. The number of benzene rings is 1. The lowest BCUT2D eigenvalue weighted by atomic mass is 10.0. The Hall–Kier alpha value is -2.62. The van der Waals surface area contributed by atoms with E-state index in [1.54, 1.807) is 9.80 Å². The van der Waals surface area contributed by atoms with E-state index in [0.717, 1.165) is 61.8 Å². The summed E-state index contributed by atoms with van der Waals surface area (Å²) in [5, 5.41) is 2.74. The van der Waals surface area contributed by atoms with E-state index in [9.17, 15) is 9.59 Å². The fourth-order valence-corrected chi connectivity index (χ4v) is 6.18. The molecule has 10 heteroatoms. The average Bonchev–Trinajstić information content (AvgIpc) is 3.50. The van der Waals surface area contributed by atoms with Gasteiger partial charge in [-0.25, -0.2) is 4.79 Å². The SMILES string of the molecule is C/C=C\c1csnc1N1CCN(CCc2cc3c(cc2Cl)N(C(OC(=O)N(CC)CC)C(C)C)C(=O)C3)CC1. The van der Waals surface area contributed by atoms with Gasteiger partial charge < -0.3 is 14.5 Å². The highest BCUT2D eigenvalue weighted by atomic mass is 35.5. The van der Waals surface area contributed by atoms with Crippen LogP contribution in [0.5, 0.6) is 0 Å². The van der Waals surface area contributed by atoms with Crippen LogP contribution in [0.4, 0.5) is 16.3 Å². The van der Waals surface area contributed by atoms with Crippen LogP contribution in [-0.2, 0) is 22.4 Å². The third-order valence-corrected chi connectivity index (χ3v) is 8.47. The molecule has 1 fully saturated rings. The lowest BCUT2D eigenvalue weighted by Gasteiger charge is -2.35. The first kappa shape index (κ1) is 29.4. The minimum atomic E-state index is -0.684. The second-order valence-electron chi connectivity index (χ2n) is 10.4. The van der Waals surface area contributed by atoms with Gasteiger partial charge in [-0.3, -0.25) is 14.6 Å². The summed E-state index contributed by atoms with van der Waals surface area (Å²) in [6.07, 6.45) is 4.17. The molecule has 1 atom stereocenters. The van der Waals surface area contributed by atoms with Gasteiger partial charge in [0.2, 0.25) is 5.91 Å². The van der Waals surface area contributed by atoms with Crippen molar-refractivity contribution in [3.63, 3.8) is 0 Å². The van der Waals surface area contributed by atoms with Gasteiger partial charge >= 0.3 is 6.09 Å². The van der Waals surface area contributed by atoms with Crippen LogP contribution in [0.3, 0.4) is 0 Å². The lowest BCUT2D eigenvalue weighted by molar-refractivity contribution is -0.119. The fourth-order valence-electron chi connectivity index (χ4n) is 5.26. The Morgan fingerprint density at radius 3 is 2.56 bits per heavy atom. The van der Waals surface area contributed by atoms with Crippen molar-refractivity contribution >= 4 is 52.7 Å². The molecule has 2 amide bonds. The van der Waals surface area contributed by atoms with Crippen molar-refractivity contribution in [1.29, 1.82) is 0 Å². The molecule has 1 aromatic heterocycles. The van der Waals surface area contributed by atoms with Gasteiger partial charge in [0.1, 0.15) is 5.82 Å². The first-order valence-corrected chi connectivity index (χ1v) is 15.1. The molecule has 1 aromatic carbocycles. The largest absolute Gasteiger partial charge is 0.425 e. The van der Waals surface area contributed by atoms with Crippen LogP contribution in [0.25, 0.3) is 6.08 Å². The van der Waals surface area contributed by atoms with Crippen molar-refractivity contribution in [1.82, 2.24) is 14.2 Å². The Morgan fingerprint density at radius 2 is 1.92 bits per heavy atom. The number of ether oxygens (including phenoxy) is 1. The average molecular weight is 574 g/mol. The first-order valence-electron chi connectivity index (χ1n) is 13.9. The Morgan fingerprint density at radius 1 is 1.21 bits per heavy atom. The van der Waals surface area contributed by atoms with E-state index in [-0.39, 0.29) is 18.2 Å². The molecule has 39 heavy (non-hydrogen) atoms. The van der Waals surface area contributed by atoms with Gasteiger partial charge in [-0.1, -0.05) is 43.7 Å². The minimum absolute atomic E-state index is 0.0697. The molecule has 2 aliphatic rings. The molecule has 1 saturated heterocycles. The molecule has 212 valence electrons. The van der Waals surface area contributed by atoms with Crippen molar-refractivity contribution in [3.8, 4) is 0 Å². The van der Waals surface area contributed by atoms with Crippen molar-refractivity contribution in [2.24, 2.45) is 5.92 Å². The number of hydrogen-bond acceptors (Lipinski definition) is 7. The Balaban J connectivity index is 1.40. The van der Waals surface area contributed by atoms with Gasteiger partial charge in [0.15, 0.2) is 6.23 Å². The van der Waals surface area contributed by atoms with E-state index in [2.05, 4.69) is 37.8 Å². The molecule has 4 rings (SSSR count). The molecule has 0 radical (unpaired) electrons. The molecule has 2 aliphatic heterocycles. The number of nitrogens with zero attached hydrogens (tertiary/aromatic N) is 5. The Labute approximate surface area is 241 Å². The number of aromatic nitrogens is 1. The standard InChI is InChI=1S/C29H40ClN5O3S/c1-6-9-22-19-39-31-27(22)34-14-12-32(13-15-34)11-10-21-16-23-17-26(36)35(25(23)18-24(21)30)28(20(4)5)38-29(37)33(7-2)8-3/h6,9,16,18-20,28H,7-8,10-15,17H2,1-5H3/b9-6-. The number of rotatable bonds is 10. The van der Waals surface area contributed by atoms with Crippen LogP contribution in [0.2, 0.25) is 5.02 Å². The van der Waals surface area contributed by atoms with Crippen LogP contribution >= 0.6 is 23.1 Å². The summed E-state index contributed by atoms with van der Waals surface area (Å²) >= 11 is 8.27. The summed E-state index contributed by atoms with van der Waals surface area (Å²) in [4.78, 5) is 33.9. The molecule has 0 N–H and O–H groups in total. The van der Waals surface area contributed by atoms with E-state index in [0.29, 0.717) is 18.1 Å². The Kier molecular flexibility index (Phi) is 9.91. The molecule has 0 spiro atoms. The quantitative estimate of drug-likeness (QED) is 0.371. The Bertz CT molecular complexity index is 1190. The second-order valence-corrected chi connectivity index (χ2v) is 11.4. The highest BCUT2D eigenvalue weighted by Crippen LogP contribution is 2.37. The van der Waals surface area contributed by atoms with Crippen LogP contribution < -0.4 is 9.80 Å². The number of amides is 2. The summed E-state index contributed by atoms with van der Waals surface area (Å²) in [5.74, 6) is 0.936. The minimum Gasteiger partial charge on any atom is -0.425 e. The van der Waals surface area contributed by atoms with Crippen molar-refractivity contribution in [2.45, 2.75) is 53.7 Å². The number of allylic oxidation sites excluding steroid dienone is 1. The van der Waals surface area contributed by atoms with Gasteiger partial charge in [0, 0.05) is 67.7 Å². The maximum atomic E-state index is 13.1. The maximum Gasteiger partial charge on any atom is 0.411 e. The fraction of sp³-hybridized carbons (Fsp3) is 0.552. The molecule has 0 bridgehead atoms. The molecule has 8 nitrogen and oxygen atoms in total. The third-order valence-electron chi connectivity index (χ3n) is 7.48. The van der Waals surface area contributed by atoms with Gasteiger partial charge in [-0.2, -0.15) is 4.37 Å². The number of carbonyl (C=O) groups is 2. The highest BCUT2D eigenvalue weighted by molar-refractivity contribution is 7.04. The molecular weight excluding hydrogens is 534 g/mol. The van der Waals surface area contributed by atoms with Crippen molar-refractivity contribution in [2.75, 3.05) is 55.6 Å². The number of piperazine rings is 1. The predicted molar refractivity (Wildman–Crippen MR) is 160 cm³/mol. The number of anilines is 2. The van der Waals surface area contributed by atoms with Gasteiger partial charge in [-0.15, -0.1) is 0 Å². The first-order chi connectivity index (χ1) is 18.8. The van der Waals surface area contributed by atoms with E-state index < -0.39 is 12.3 Å². The van der Waals surface area contributed by atoms with Gasteiger partial charge in [-0.05, 0) is 55.9 Å². The highest BCUT2D eigenvalue weighted by Gasteiger charge is 2.38. The zero-order valence-corrected chi connectivity index (χ0v) is 25.2. The summed E-state index contributed by atoms with van der Waals surface area (Å²) in [5.41, 5.74) is 3.91. The van der Waals surface area contributed by atoms with Crippen LogP contribution in [0.1, 0.15) is 51.3 Å². The summed E-state index contributed by atoms with van der Waals surface area (Å²) in [6, 6.07) is 3.94. The molecule has 1 unspecified atom stereocenters. The number of hydrogen-bond donors (Lipinski definition) is 0. The van der Waals surface area contributed by atoms with Crippen molar-refractivity contribution in [3.05, 3.63) is 45.3 Å². The van der Waals surface area contributed by atoms with Gasteiger partial charge in [0.25, 0.3) is 0 Å². The zero-order valence-electron chi connectivity index (χ0n) is 23.7.